The summed E-state index contributed by atoms with van der Waals surface area (Å²) in [4.78, 5) is 9.76. The highest BCUT2D eigenvalue weighted by Crippen LogP contribution is 2.38. The molecule has 0 radical (unpaired) electrons. The van der Waals surface area contributed by atoms with Crippen LogP contribution in [0.4, 0.5) is 0 Å². The van der Waals surface area contributed by atoms with E-state index in [2.05, 4.69) is 58.7 Å². The molecule has 0 spiro atoms. The number of aliphatic hydroxyl groups excluding tert-OH is 1. The molecule has 0 amide bonds. The van der Waals surface area contributed by atoms with E-state index >= 15 is 0 Å². The molecular formula is C25H44IN5O. The molecule has 2 aliphatic rings. The minimum Gasteiger partial charge on any atom is -0.396 e. The Morgan fingerprint density at radius 1 is 1.00 bits per heavy atom. The van der Waals surface area contributed by atoms with Crippen molar-refractivity contribution in [2.75, 3.05) is 52.9 Å². The lowest BCUT2D eigenvalue weighted by Crippen LogP contribution is -2.44. The van der Waals surface area contributed by atoms with E-state index in [9.17, 15) is 5.11 Å². The SMILES string of the molecule is CCNC(=NCc1ccc(CN2CCN(C)CC2)cc1)NCC1(CCO)CCCCC1.I. The zero-order valence-corrected chi connectivity index (χ0v) is 22.4. The molecule has 1 aromatic rings. The van der Waals surface area contributed by atoms with E-state index < -0.39 is 0 Å². The van der Waals surface area contributed by atoms with Crippen molar-refractivity contribution in [1.29, 1.82) is 0 Å². The van der Waals surface area contributed by atoms with Crippen LogP contribution in [0.1, 0.15) is 56.6 Å². The highest BCUT2D eigenvalue weighted by molar-refractivity contribution is 14.0. The number of rotatable bonds is 9. The molecule has 6 nitrogen and oxygen atoms in total. The summed E-state index contributed by atoms with van der Waals surface area (Å²) in [7, 11) is 2.20. The number of likely N-dealkylation sites (N-methyl/N-ethyl adjacent to an activating group) is 1. The molecule has 1 aromatic carbocycles. The molecule has 1 aliphatic carbocycles. The molecule has 0 bridgehead atoms. The van der Waals surface area contributed by atoms with Gasteiger partial charge in [-0.15, -0.1) is 24.0 Å². The van der Waals surface area contributed by atoms with Crippen molar-refractivity contribution in [3.8, 4) is 0 Å². The first-order chi connectivity index (χ1) is 15.1. The van der Waals surface area contributed by atoms with Crippen molar-refractivity contribution in [3.05, 3.63) is 35.4 Å². The summed E-state index contributed by atoms with van der Waals surface area (Å²) in [6.07, 6.45) is 7.16. The highest BCUT2D eigenvalue weighted by atomic mass is 127. The minimum absolute atomic E-state index is 0. The second kappa shape index (κ2) is 14.4. The van der Waals surface area contributed by atoms with Gasteiger partial charge in [0.2, 0.25) is 0 Å². The molecule has 0 atom stereocenters. The van der Waals surface area contributed by atoms with E-state index in [1.165, 1.54) is 43.2 Å². The first kappa shape index (κ1) is 27.3. The normalized spacial score (nSPS) is 19.9. The Labute approximate surface area is 212 Å². The fourth-order valence-electron chi connectivity index (χ4n) is 4.85. The van der Waals surface area contributed by atoms with Gasteiger partial charge in [-0.1, -0.05) is 43.5 Å². The Kier molecular flexibility index (Phi) is 12.3. The van der Waals surface area contributed by atoms with Crippen molar-refractivity contribution in [2.24, 2.45) is 10.4 Å². The topological polar surface area (TPSA) is 63.1 Å². The predicted molar refractivity (Wildman–Crippen MR) is 145 cm³/mol. The first-order valence-electron chi connectivity index (χ1n) is 12.2. The molecule has 1 aliphatic heterocycles. The Morgan fingerprint density at radius 3 is 2.28 bits per heavy atom. The Hall–Kier alpha value is -0.900. The van der Waals surface area contributed by atoms with Gasteiger partial charge < -0.3 is 20.6 Å². The van der Waals surface area contributed by atoms with Gasteiger partial charge in [-0.25, -0.2) is 4.99 Å². The molecule has 0 aromatic heterocycles. The second-order valence-electron chi connectivity index (χ2n) is 9.48. The number of hydrogen-bond donors (Lipinski definition) is 3. The number of benzene rings is 1. The fraction of sp³-hybridized carbons (Fsp3) is 0.720. The van der Waals surface area contributed by atoms with E-state index in [0.717, 1.165) is 58.2 Å². The van der Waals surface area contributed by atoms with E-state index in [1.54, 1.807) is 0 Å². The first-order valence-corrected chi connectivity index (χ1v) is 12.2. The van der Waals surface area contributed by atoms with E-state index in [-0.39, 0.29) is 36.0 Å². The summed E-state index contributed by atoms with van der Waals surface area (Å²) in [5, 5.41) is 16.5. The van der Waals surface area contributed by atoms with Gasteiger partial charge in [0, 0.05) is 52.4 Å². The fourth-order valence-corrected chi connectivity index (χ4v) is 4.85. The van der Waals surface area contributed by atoms with E-state index in [0.29, 0.717) is 6.54 Å². The third-order valence-electron chi connectivity index (χ3n) is 6.98. The third kappa shape index (κ3) is 8.80. The van der Waals surface area contributed by atoms with Crippen LogP contribution in [0, 0.1) is 5.41 Å². The van der Waals surface area contributed by atoms with Crippen molar-refractivity contribution >= 4 is 29.9 Å². The largest absolute Gasteiger partial charge is 0.396 e. The summed E-state index contributed by atoms with van der Waals surface area (Å²) in [5.74, 6) is 0.881. The maximum atomic E-state index is 9.56. The van der Waals surface area contributed by atoms with Gasteiger partial charge in [0.05, 0.1) is 6.54 Å². The number of nitrogens with one attached hydrogen (secondary N) is 2. The van der Waals surface area contributed by atoms with E-state index in [4.69, 9.17) is 4.99 Å². The maximum Gasteiger partial charge on any atom is 0.191 e. The lowest BCUT2D eigenvalue weighted by atomic mass is 9.72. The molecule has 2 fully saturated rings. The average molecular weight is 558 g/mol. The van der Waals surface area contributed by atoms with Crippen molar-refractivity contribution in [2.45, 2.75) is 58.5 Å². The monoisotopic (exact) mass is 557 g/mol. The molecule has 3 N–H and O–H groups in total. The predicted octanol–water partition coefficient (Wildman–Crippen LogP) is 3.44. The second-order valence-corrected chi connectivity index (χ2v) is 9.48. The van der Waals surface area contributed by atoms with Crippen molar-refractivity contribution < 1.29 is 5.11 Å². The van der Waals surface area contributed by atoms with Crippen molar-refractivity contribution in [3.63, 3.8) is 0 Å². The molecule has 0 unspecified atom stereocenters. The summed E-state index contributed by atoms with van der Waals surface area (Å²) < 4.78 is 0. The minimum atomic E-state index is 0. The number of piperazine rings is 1. The number of halogens is 1. The summed E-state index contributed by atoms with van der Waals surface area (Å²) in [6, 6.07) is 8.93. The lowest BCUT2D eigenvalue weighted by molar-refractivity contribution is 0.131. The van der Waals surface area contributed by atoms with Crippen LogP contribution < -0.4 is 10.6 Å². The zero-order chi connectivity index (χ0) is 21.9. The molecule has 7 heteroatoms. The Balaban J connectivity index is 0.00000363. The Bertz CT molecular complexity index is 662. The standard InChI is InChI=1S/C25H43N5O.HI/c1-3-26-24(28-21-25(13-18-31)11-5-4-6-12-25)27-19-22-7-9-23(10-8-22)20-30-16-14-29(2)15-17-30;/h7-10,31H,3-6,11-21H2,1-2H3,(H2,26,27,28);1H. The number of aliphatic imine (C=N–C) groups is 1. The summed E-state index contributed by atoms with van der Waals surface area (Å²) in [6.45, 7) is 10.5. The van der Waals surface area contributed by atoms with Gasteiger partial charge in [0.25, 0.3) is 0 Å². The molecule has 182 valence electrons. The molecule has 1 heterocycles. The summed E-state index contributed by atoms with van der Waals surface area (Å²) >= 11 is 0. The molecule has 3 rings (SSSR count). The smallest absolute Gasteiger partial charge is 0.191 e. The molecule has 1 saturated heterocycles. The Morgan fingerprint density at radius 2 is 1.66 bits per heavy atom. The third-order valence-corrected chi connectivity index (χ3v) is 6.98. The van der Waals surface area contributed by atoms with Crippen LogP contribution in [0.2, 0.25) is 0 Å². The molecule has 32 heavy (non-hydrogen) atoms. The van der Waals surface area contributed by atoms with Crippen LogP contribution in [0.5, 0.6) is 0 Å². The summed E-state index contributed by atoms with van der Waals surface area (Å²) in [5.41, 5.74) is 2.83. The van der Waals surface area contributed by atoms with E-state index in [1.807, 2.05) is 0 Å². The van der Waals surface area contributed by atoms with Crippen LogP contribution in [0.15, 0.2) is 29.3 Å². The average Bonchev–Trinajstić information content (AvgIpc) is 2.79. The van der Waals surface area contributed by atoms with Crippen molar-refractivity contribution in [1.82, 2.24) is 20.4 Å². The van der Waals surface area contributed by atoms with Gasteiger partial charge in [-0.3, -0.25) is 4.90 Å². The van der Waals surface area contributed by atoms with Crippen LogP contribution in [0.25, 0.3) is 0 Å². The van der Waals surface area contributed by atoms with Gasteiger partial charge in [0.15, 0.2) is 5.96 Å². The number of guanidine groups is 1. The molecule has 1 saturated carbocycles. The number of nitrogens with zero attached hydrogens (tertiary/aromatic N) is 3. The number of aliphatic hydroxyl groups is 1. The van der Waals surface area contributed by atoms with Gasteiger partial charge in [-0.2, -0.15) is 0 Å². The highest BCUT2D eigenvalue weighted by Gasteiger charge is 2.31. The quantitative estimate of drug-likeness (QED) is 0.247. The van der Waals surface area contributed by atoms with Crippen LogP contribution in [-0.4, -0.2) is 73.8 Å². The van der Waals surface area contributed by atoms with Gasteiger partial charge >= 0.3 is 0 Å². The van der Waals surface area contributed by atoms with Crippen LogP contribution in [-0.2, 0) is 13.1 Å². The maximum absolute atomic E-state index is 9.56. The molecular weight excluding hydrogens is 513 g/mol. The zero-order valence-electron chi connectivity index (χ0n) is 20.1. The van der Waals surface area contributed by atoms with Gasteiger partial charge in [0.1, 0.15) is 0 Å². The lowest BCUT2D eigenvalue weighted by Gasteiger charge is -2.37. The number of hydrogen-bond acceptors (Lipinski definition) is 4. The van der Waals surface area contributed by atoms with Gasteiger partial charge in [-0.05, 0) is 49.8 Å². The van der Waals surface area contributed by atoms with Crippen LogP contribution in [0.3, 0.4) is 0 Å². The van der Waals surface area contributed by atoms with Crippen LogP contribution >= 0.6 is 24.0 Å².